The third kappa shape index (κ3) is 3.61. The zero-order valence-electron chi connectivity index (χ0n) is 10.00. The van der Waals surface area contributed by atoms with Crippen LogP contribution in [0.5, 0.6) is 0 Å². The molecule has 0 radical (unpaired) electrons. The highest BCUT2D eigenvalue weighted by molar-refractivity contribution is 4.71. The molecule has 4 atom stereocenters. The first-order valence-corrected chi connectivity index (χ1v) is 6.29. The van der Waals surface area contributed by atoms with Gasteiger partial charge in [0.1, 0.15) is 0 Å². The minimum absolute atomic E-state index is 0.0139. The normalized spacial score (nSPS) is 42.0. The zero-order valence-corrected chi connectivity index (χ0v) is 10.00. The second-order valence-electron chi connectivity index (χ2n) is 5.36. The van der Waals surface area contributed by atoms with Gasteiger partial charge in [0.25, 0.3) is 0 Å². The average molecular weight is 198 g/mol. The molecule has 0 aromatic heterocycles. The van der Waals surface area contributed by atoms with Gasteiger partial charge in [0.2, 0.25) is 0 Å². The largest absolute Gasteiger partial charge is 0.393 e. The molecule has 1 N–H and O–H groups in total. The minimum atomic E-state index is 0.0139. The van der Waals surface area contributed by atoms with Crippen molar-refractivity contribution in [3.8, 4) is 0 Å². The molecule has 0 aliphatic heterocycles. The standard InChI is InChI=1S/C7H14.C6H12O/c1-6-4-3-5-7(6)2;1-5-3-2-4-6(5)7/h6-7H,3-5H2,1-2H3;5-7H,2-4H2,1H3. The molecule has 2 aliphatic rings. The highest BCUT2D eigenvalue weighted by Crippen LogP contribution is 2.29. The fourth-order valence-electron chi connectivity index (χ4n) is 2.46. The maximum Gasteiger partial charge on any atom is 0.0565 e. The number of hydrogen-bond donors (Lipinski definition) is 1. The maximum atomic E-state index is 9.00. The van der Waals surface area contributed by atoms with Crippen LogP contribution in [0.4, 0.5) is 0 Å². The molecule has 4 unspecified atom stereocenters. The van der Waals surface area contributed by atoms with Crippen LogP contribution < -0.4 is 0 Å². The second kappa shape index (κ2) is 5.75. The van der Waals surface area contributed by atoms with Gasteiger partial charge in [-0.2, -0.15) is 0 Å². The Hall–Kier alpha value is -0.0400. The van der Waals surface area contributed by atoms with Crippen LogP contribution in [0.25, 0.3) is 0 Å². The van der Waals surface area contributed by atoms with Gasteiger partial charge in [0.05, 0.1) is 6.10 Å². The molecule has 14 heavy (non-hydrogen) atoms. The Kier molecular flexibility index (Phi) is 4.94. The van der Waals surface area contributed by atoms with Gasteiger partial charge in [0, 0.05) is 0 Å². The maximum absolute atomic E-state index is 9.00. The van der Waals surface area contributed by atoms with E-state index >= 15 is 0 Å². The van der Waals surface area contributed by atoms with Crippen molar-refractivity contribution in [1.29, 1.82) is 0 Å². The summed E-state index contributed by atoms with van der Waals surface area (Å²) in [6, 6.07) is 0. The van der Waals surface area contributed by atoms with Crippen molar-refractivity contribution in [2.45, 2.75) is 65.4 Å². The van der Waals surface area contributed by atoms with Crippen LogP contribution in [-0.2, 0) is 0 Å². The number of aliphatic hydroxyl groups is 1. The summed E-state index contributed by atoms with van der Waals surface area (Å²) >= 11 is 0. The smallest absolute Gasteiger partial charge is 0.0565 e. The molecule has 1 nitrogen and oxygen atoms in total. The van der Waals surface area contributed by atoms with Crippen LogP contribution in [0.15, 0.2) is 0 Å². The first-order valence-electron chi connectivity index (χ1n) is 6.29. The van der Waals surface area contributed by atoms with Crippen molar-refractivity contribution in [3.05, 3.63) is 0 Å². The van der Waals surface area contributed by atoms with Crippen molar-refractivity contribution in [3.63, 3.8) is 0 Å². The Balaban J connectivity index is 0.000000140. The number of hydrogen-bond acceptors (Lipinski definition) is 1. The van der Waals surface area contributed by atoms with Crippen molar-refractivity contribution in [1.82, 2.24) is 0 Å². The molecule has 84 valence electrons. The van der Waals surface area contributed by atoms with Crippen LogP contribution in [0.1, 0.15) is 59.3 Å². The van der Waals surface area contributed by atoms with E-state index in [4.69, 9.17) is 5.11 Å². The Morgan fingerprint density at radius 2 is 1.14 bits per heavy atom. The van der Waals surface area contributed by atoms with Gasteiger partial charge in [-0.1, -0.05) is 46.5 Å². The third-order valence-corrected chi connectivity index (χ3v) is 4.11. The molecule has 0 saturated heterocycles. The molecule has 0 amide bonds. The van der Waals surface area contributed by atoms with Crippen LogP contribution >= 0.6 is 0 Å². The summed E-state index contributed by atoms with van der Waals surface area (Å²) in [5.41, 5.74) is 0. The zero-order chi connectivity index (χ0) is 10.6. The summed E-state index contributed by atoms with van der Waals surface area (Å²) in [4.78, 5) is 0. The number of rotatable bonds is 0. The van der Waals surface area contributed by atoms with Gasteiger partial charge in [0.15, 0.2) is 0 Å². The lowest BCUT2D eigenvalue weighted by Gasteiger charge is -2.05. The molecular weight excluding hydrogens is 172 g/mol. The molecule has 2 rings (SSSR count). The quantitative estimate of drug-likeness (QED) is 0.630. The van der Waals surface area contributed by atoms with E-state index in [-0.39, 0.29) is 6.10 Å². The summed E-state index contributed by atoms with van der Waals surface area (Å²) in [6.07, 6.45) is 7.91. The fourth-order valence-corrected chi connectivity index (χ4v) is 2.46. The lowest BCUT2D eigenvalue weighted by atomic mass is 10.0. The van der Waals surface area contributed by atoms with E-state index in [0.717, 1.165) is 18.3 Å². The van der Waals surface area contributed by atoms with Gasteiger partial charge >= 0.3 is 0 Å². The van der Waals surface area contributed by atoms with Crippen molar-refractivity contribution in [2.24, 2.45) is 17.8 Å². The van der Waals surface area contributed by atoms with E-state index in [1.54, 1.807) is 0 Å². The van der Waals surface area contributed by atoms with Crippen molar-refractivity contribution in [2.75, 3.05) is 0 Å². The van der Waals surface area contributed by atoms with E-state index in [1.165, 1.54) is 32.1 Å². The summed E-state index contributed by atoms with van der Waals surface area (Å²) in [7, 11) is 0. The summed E-state index contributed by atoms with van der Waals surface area (Å²) in [6.45, 7) is 6.83. The lowest BCUT2D eigenvalue weighted by molar-refractivity contribution is 0.141. The molecule has 2 saturated carbocycles. The van der Waals surface area contributed by atoms with E-state index in [1.807, 2.05) is 0 Å². The predicted octanol–water partition coefficient (Wildman–Crippen LogP) is 3.61. The molecule has 2 fully saturated rings. The van der Waals surface area contributed by atoms with Crippen LogP contribution in [-0.4, -0.2) is 11.2 Å². The summed E-state index contributed by atoms with van der Waals surface area (Å²) < 4.78 is 0. The molecule has 0 aromatic rings. The second-order valence-corrected chi connectivity index (χ2v) is 5.36. The first kappa shape index (κ1) is 12.0. The topological polar surface area (TPSA) is 20.2 Å². The average Bonchev–Trinajstić information content (AvgIpc) is 2.67. The molecule has 0 aromatic carbocycles. The fraction of sp³-hybridized carbons (Fsp3) is 1.00. The Morgan fingerprint density at radius 1 is 0.714 bits per heavy atom. The van der Waals surface area contributed by atoms with Crippen molar-refractivity contribution >= 4 is 0 Å². The van der Waals surface area contributed by atoms with Crippen LogP contribution in [0, 0.1) is 17.8 Å². The summed E-state index contributed by atoms with van der Waals surface area (Å²) in [5.74, 6) is 2.60. The van der Waals surface area contributed by atoms with Gasteiger partial charge in [-0.3, -0.25) is 0 Å². The van der Waals surface area contributed by atoms with Crippen molar-refractivity contribution < 1.29 is 5.11 Å². The molecule has 1 heteroatoms. The molecule has 0 heterocycles. The SMILES string of the molecule is CC1CCCC1C.CC1CCCC1O. The van der Waals surface area contributed by atoms with E-state index in [9.17, 15) is 0 Å². The van der Waals surface area contributed by atoms with E-state index < -0.39 is 0 Å². The minimum Gasteiger partial charge on any atom is -0.393 e. The third-order valence-electron chi connectivity index (χ3n) is 4.11. The van der Waals surface area contributed by atoms with E-state index in [2.05, 4.69) is 20.8 Å². The Labute approximate surface area is 88.9 Å². The van der Waals surface area contributed by atoms with Gasteiger partial charge < -0.3 is 5.11 Å². The van der Waals surface area contributed by atoms with Gasteiger partial charge in [-0.25, -0.2) is 0 Å². The summed E-state index contributed by atoms with van der Waals surface area (Å²) in [5, 5.41) is 9.00. The van der Waals surface area contributed by atoms with Crippen LogP contribution in [0.3, 0.4) is 0 Å². The van der Waals surface area contributed by atoms with Crippen LogP contribution in [0.2, 0.25) is 0 Å². The first-order chi connectivity index (χ1) is 6.61. The highest BCUT2D eigenvalue weighted by Gasteiger charge is 2.19. The Bertz CT molecular complexity index is 121. The molecule has 2 aliphatic carbocycles. The highest BCUT2D eigenvalue weighted by atomic mass is 16.3. The van der Waals surface area contributed by atoms with Gasteiger partial charge in [-0.15, -0.1) is 0 Å². The van der Waals surface area contributed by atoms with E-state index in [0.29, 0.717) is 5.92 Å². The monoisotopic (exact) mass is 198 g/mol. The lowest BCUT2D eigenvalue weighted by Crippen LogP contribution is -2.07. The predicted molar refractivity (Wildman–Crippen MR) is 61.2 cm³/mol. The molecule has 0 bridgehead atoms. The number of aliphatic hydroxyl groups excluding tert-OH is 1. The Morgan fingerprint density at radius 3 is 1.29 bits per heavy atom. The van der Waals surface area contributed by atoms with Gasteiger partial charge in [-0.05, 0) is 30.6 Å². The molecule has 0 spiro atoms. The molecular formula is C13H26O.